The lowest BCUT2D eigenvalue weighted by Crippen LogP contribution is -1.86. The van der Waals surface area contributed by atoms with Crippen molar-refractivity contribution in [2.24, 2.45) is 0 Å². The van der Waals surface area contributed by atoms with Crippen molar-refractivity contribution in [1.29, 1.82) is 0 Å². The Hall–Kier alpha value is -0.580. The SMILES string of the molecule is CC(C)c1ccc(SCc2nnsc2Cl)cc1. The molecule has 1 aromatic carbocycles. The summed E-state index contributed by atoms with van der Waals surface area (Å²) in [5.41, 5.74) is 2.23. The van der Waals surface area contributed by atoms with Crippen molar-refractivity contribution in [3.05, 3.63) is 39.9 Å². The lowest BCUT2D eigenvalue weighted by molar-refractivity contribution is 0.865. The average molecular weight is 285 g/mol. The Labute approximate surface area is 115 Å². The molecule has 0 atom stereocenters. The molecular weight excluding hydrogens is 272 g/mol. The molecule has 2 nitrogen and oxygen atoms in total. The van der Waals surface area contributed by atoms with E-state index >= 15 is 0 Å². The van der Waals surface area contributed by atoms with Crippen LogP contribution in [0.15, 0.2) is 29.2 Å². The Bertz CT molecular complexity index is 480. The average Bonchev–Trinajstić information content (AvgIpc) is 2.73. The molecule has 0 spiro atoms. The number of halogens is 1. The van der Waals surface area contributed by atoms with Gasteiger partial charge in [0.25, 0.3) is 0 Å². The van der Waals surface area contributed by atoms with Crippen molar-refractivity contribution >= 4 is 34.9 Å². The zero-order valence-corrected chi connectivity index (χ0v) is 12.1. The van der Waals surface area contributed by atoms with Crippen molar-refractivity contribution < 1.29 is 0 Å². The van der Waals surface area contributed by atoms with E-state index in [2.05, 4.69) is 47.7 Å². The highest BCUT2D eigenvalue weighted by Crippen LogP contribution is 2.28. The number of rotatable bonds is 4. The maximum atomic E-state index is 5.95. The topological polar surface area (TPSA) is 25.8 Å². The lowest BCUT2D eigenvalue weighted by atomic mass is 10.0. The van der Waals surface area contributed by atoms with Gasteiger partial charge in [0.15, 0.2) is 0 Å². The monoisotopic (exact) mass is 284 g/mol. The van der Waals surface area contributed by atoms with Gasteiger partial charge in [0.1, 0.15) is 10.0 Å². The standard InChI is InChI=1S/C12H13ClN2S2/c1-8(2)9-3-5-10(6-4-9)16-7-11-12(13)17-15-14-11/h3-6,8H,7H2,1-2H3. The molecule has 0 aliphatic heterocycles. The molecule has 0 radical (unpaired) electrons. The van der Waals surface area contributed by atoms with Gasteiger partial charge in [-0.05, 0) is 23.6 Å². The van der Waals surface area contributed by atoms with Crippen LogP contribution in [0.1, 0.15) is 31.0 Å². The highest BCUT2D eigenvalue weighted by atomic mass is 35.5. The third kappa shape index (κ3) is 3.44. The molecule has 0 bridgehead atoms. The first-order valence-electron chi connectivity index (χ1n) is 5.36. The Balaban J connectivity index is 1.98. The fraction of sp³-hybridized carbons (Fsp3) is 0.333. The van der Waals surface area contributed by atoms with E-state index in [0.29, 0.717) is 10.3 Å². The number of thioether (sulfide) groups is 1. The van der Waals surface area contributed by atoms with Crippen LogP contribution >= 0.6 is 34.9 Å². The van der Waals surface area contributed by atoms with Crippen molar-refractivity contribution in [2.45, 2.75) is 30.4 Å². The van der Waals surface area contributed by atoms with Crippen LogP contribution < -0.4 is 0 Å². The van der Waals surface area contributed by atoms with Gasteiger partial charge in [-0.3, -0.25) is 0 Å². The minimum Gasteiger partial charge on any atom is -0.141 e. The Kier molecular flexibility index (Phi) is 4.42. The van der Waals surface area contributed by atoms with Gasteiger partial charge in [0.2, 0.25) is 0 Å². The molecule has 1 heterocycles. The number of aromatic nitrogens is 2. The van der Waals surface area contributed by atoms with Gasteiger partial charge < -0.3 is 0 Å². The van der Waals surface area contributed by atoms with E-state index < -0.39 is 0 Å². The van der Waals surface area contributed by atoms with E-state index in [-0.39, 0.29) is 0 Å². The number of nitrogens with zero attached hydrogens (tertiary/aromatic N) is 2. The molecule has 5 heteroatoms. The molecule has 2 rings (SSSR count). The molecule has 17 heavy (non-hydrogen) atoms. The van der Waals surface area contributed by atoms with Gasteiger partial charge in [-0.2, -0.15) is 0 Å². The third-order valence-corrected chi connectivity index (χ3v) is 4.44. The van der Waals surface area contributed by atoms with Crippen LogP contribution in [0.4, 0.5) is 0 Å². The summed E-state index contributed by atoms with van der Waals surface area (Å²) in [5.74, 6) is 1.35. The summed E-state index contributed by atoms with van der Waals surface area (Å²) in [7, 11) is 0. The molecule has 1 aromatic heterocycles. The van der Waals surface area contributed by atoms with Crippen molar-refractivity contribution in [3.63, 3.8) is 0 Å². The Morgan fingerprint density at radius 3 is 2.53 bits per heavy atom. The molecule has 0 fully saturated rings. The predicted octanol–water partition coefficient (Wildman–Crippen LogP) is 4.61. The number of hydrogen-bond donors (Lipinski definition) is 0. The van der Waals surface area contributed by atoms with Crippen molar-refractivity contribution in [1.82, 2.24) is 9.59 Å². The second-order valence-electron chi connectivity index (χ2n) is 4.01. The number of hydrogen-bond acceptors (Lipinski definition) is 4. The van der Waals surface area contributed by atoms with E-state index in [1.54, 1.807) is 11.8 Å². The minimum absolute atomic E-state index is 0.575. The zero-order chi connectivity index (χ0) is 12.3. The fourth-order valence-electron chi connectivity index (χ4n) is 1.38. The van der Waals surface area contributed by atoms with E-state index in [1.165, 1.54) is 22.0 Å². The van der Waals surface area contributed by atoms with Crippen molar-refractivity contribution in [2.75, 3.05) is 0 Å². The first-order chi connectivity index (χ1) is 8.16. The van der Waals surface area contributed by atoms with Crippen LogP contribution in [0, 0.1) is 0 Å². The molecule has 0 N–H and O–H groups in total. The summed E-state index contributed by atoms with van der Waals surface area (Å²) in [5, 5.41) is 3.99. The predicted molar refractivity (Wildman–Crippen MR) is 75.0 cm³/mol. The van der Waals surface area contributed by atoms with Gasteiger partial charge in [0.05, 0.1) is 0 Å². The van der Waals surface area contributed by atoms with Gasteiger partial charge in [0, 0.05) is 22.2 Å². The molecule has 0 saturated heterocycles. The first kappa shape index (κ1) is 12.9. The maximum Gasteiger partial charge on any atom is 0.138 e. The van der Waals surface area contributed by atoms with E-state index in [4.69, 9.17) is 11.6 Å². The highest BCUT2D eigenvalue weighted by Gasteiger charge is 2.06. The Morgan fingerprint density at radius 1 is 1.29 bits per heavy atom. The van der Waals surface area contributed by atoms with Gasteiger partial charge in [-0.25, -0.2) is 0 Å². The largest absolute Gasteiger partial charge is 0.141 e. The molecule has 90 valence electrons. The third-order valence-electron chi connectivity index (χ3n) is 2.43. The maximum absolute atomic E-state index is 5.95. The second-order valence-corrected chi connectivity index (χ2v) is 6.41. The van der Waals surface area contributed by atoms with E-state index in [9.17, 15) is 0 Å². The van der Waals surface area contributed by atoms with Crippen LogP contribution in [0.2, 0.25) is 4.34 Å². The van der Waals surface area contributed by atoms with Gasteiger partial charge in [-0.1, -0.05) is 42.1 Å². The quantitative estimate of drug-likeness (QED) is 0.767. The summed E-state index contributed by atoms with van der Waals surface area (Å²) in [6.07, 6.45) is 0. The molecular formula is C12H13ClN2S2. The fourth-order valence-corrected chi connectivity index (χ4v) is 3.02. The number of benzene rings is 1. The molecule has 2 aromatic rings. The van der Waals surface area contributed by atoms with E-state index in [0.717, 1.165) is 11.4 Å². The van der Waals surface area contributed by atoms with Crippen LogP contribution in [0.3, 0.4) is 0 Å². The van der Waals surface area contributed by atoms with Crippen LogP contribution in [-0.2, 0) is 5.75 Å². The molecule has 0 aliphatic rings. The van der Waals surface area contributed by atoms with Crippen molar-refractivity contribution in [3.8, 4) is 0 Å². The second kappa shape index (κ2) is 5.85. The molecule has 0 aliphatic carbocycles. The summed E-state index contributed by atoms with van der Waals surface area (Å²) >= 11 is 8.92. The first-order valence-corrected chi connectivity index (χ1v) is 7.50. The zero-order valence-electron chi connectivity index (χ0n) is 9.68. The Morgan fingerprint density at radius 2 is 2.00 bits per heavy atom. The van der Waals surface area contributed by atoms with Gasteiger partial charge >= 0.3 is 0 Å². The lowest BCUT2D eigenvalue weighted by Gasteiger charge is -2.06. The minimum atomic E-state index is 0.575. The molecule has 0 saturated carbocycles. The van der Waals surface area contributed by atoms with Crippen LogP contribution in [-0.4, -0.2) is 9.59 Å². The molecule has 0 unspecified atom stereocenters. The van der Waals surface area contributed by atoms with E-state index in [1.807, 2.05) is 0 Å². The summed E-state index contributed by atoms with van der Waals surface area (Å²) < 4.78 is 4.51. The van der Waals surface area contributed by atoms with Crippen LogP contribution in [0.25, 0.3) is 0 Å². The van der Waals surface area contributed by atoms with Crippen LogP contribution in [0.5, 0.6) is 0 Å². The smallest absolute Gasteiger partial charge is 0.138 e. The summed E-state index contributed by atoms with van der Waals surface area (Å²) in [6, 6.07) is 8.64. The normalized spacial score (nSPS) is 11.1. The highest BCUT2D eigenvalue weighted by molar-refractivity contribution is 7.98. The summed E-state index contributed by atoms with van der Waals surface area (Å²) in [6.45, 7) is 4.39. The summed E-state index contributed by atoms with van der Waals surface area (Å²) in [4.78, 5) is 1.23. The van der Waals surface area contributed by atoms with Gasteiger partial charge in [-0.15, -0.1) is 16.9 Å². The molecule has 0 amide bonds.